The molecule has 27 heavy (non-hydrogen) atoms. The molecule has 8 nitrogen and oxygen atoms in total. The molecule has 0 aliphatic carbocycles. The average Bonchev–Trinajstić information content (AvgIpc) is 3.15. The number of benzene rings is 1. The highest BCUT2D eigenvalue weighted by molar-refractivity contribution is 6.05. The standard InChI is InChI=1S/C19H22N4O4/c1-12(18(25)22(2)9-4-8-20)27-19(26)13-6-7-15-14(11-13)21-17(24)16-5-3-10-23(15)16/h6-7,11-12,16H,3-5,9-10H2,1-2H3,(H,21,24)/t12-,16-/m0/s1. The smallest absolute Gasteiger partial charge is 0.338 e. The Balaban J connectivity index is 1.69. The summed E-state index contributed by atoms with van der Waals surface area (Å²) in [5.41, 5.74) is 1.75. The van der Waals surface area contributed by atoms with Crippen LogP contribution in [0.3, 0.4) is 0 Å². The first kappa shape index (κ1) is 18.7. The summed E-state index contributed by atoms with van der Waals surface area (Å²) in [5.74, 6) is -1.07. The highest BCUT2D eigenvalue weighted by Gasteiger charge is 2.36. The first-order valence-electron chi connectivity index (χ1n) is 8.97. The Morgan fingerprint density at radius 1 is 1.48 bits per heavy atom. The number of nitriles is 1. The number of nitrogens with one attached hydrogen (secondary N) is 1. The van der Waals surface area contributed by atoms with Crippen LogP contribution in [0.4, 0.5) is 11.4 Å². The number of fused-ring (bicyclic) bond motifs is 3. The van der Waals surface area contributed by atoms with E-state index in [1.54, 1.807) is 25.2 Å². The first-order chi connectivity index (χ1) is 12.9. The maximum absolute atomic E-state index is 12.4. The Bertz CT molecular complexity index is 816. The Hall–Kier alpha value is -3.08. The normalized spacial score (nSPS) is 18.6. The minimum Gasteiger partial charge on any atom is -0.449 e. The quantitative estimate of drug-likeness (QED) is 0.789. The van der Waals surface area contributed by atoms with Crippen LogP contribution in [0, 0.1) is 11.3 Å². The summed E-state index contributed by atoms with van der Waals surface area (Å²) in [7, 11) is 1.56. The molecule has 0 bridgehead atoms. The molecule has 1 aromatic carbocycles. The maximum atomic E-state index is 12.4. The minimum absolute atomic E-state index is 0.0619. The second-order valence-electron chi connectivity index (χ2n) is 6.79. The van der Waals surface area contributed by atoms with Crippen LogP contribution < -0.4 is 10.2 Å². The molecule has 0 radical (unpaired) electrons. The van der Waals surface area contributed by atoms with Crippen LogP contribution in [0.25, 0.3) is 0 Å². The molecule has 1 aromatic rings. The molecule has 2 aliphatic heterocycles. The summed E-state index contributed by atoms with van der Waals surface area (Å²) in [5, 5.41) is 11.4. The van der Waals surface area contributed by atoms with Gasteiger partial charge in [0.25, 0.3) is 5.91 Å². The van der Waals surface area contributed by atoms with Crippen LogP contribution in [0.1, 0.15) is 36.5 Å². The Kier molecular flexibility index (Phi) is 5.31. The molecular formula is C19H22N4O4. The number of rotatable bonds is 5. The summed E-state index contributed by atoms with van der Waals surface area (Å²) in [6.07, 6.45) is 1.04. The van der Waals surface area contributed by atoms with Gasteiger partial charge in [0.05, 0.1) is 29.4 Å². The van der Waals surface area contributed by atoms with Gasteiger partial charge >= 0.3 is 5.97 Å². The number of ether oxygens (including phenoxy) is 1. The van der Waals surface area contributed by atoms with E-state index in [2.05, 4.69) is 10.2 Å². The van der Waals surface area contributed by atoms with Crippen LogP contribution in [-0.4, -0.2) is 55.0 Å². The third-order valence-electron chi connectivity index (χ3n) is 4.92. The van der Waals surface area contributed by atoms with Crippen molar-refractivity contribution in [2.75, 3.05) is 30.4 Å². The van der Waals surface area contributed by atoms with E-state index >= 15 is 0 Å². The second kappa shape index (κ2) is 7.66. The summed E-state index contributed by atoms with van der Waals surface area (Å²) < 4.78 is 5.26. The summed E-state index contributed by atoms with van der Waals surface area (Å²) in [6, 6.07) is 6.85. The molecular weight excluding hydrogens is 348 g/mol. The topological polar surface area (TPSA) is 103 Å². The van der Waals surface area contributed by atoms with Gasteiger partial charge in [-0.2, -0.15) is 5.26 Å². The van der Waals surface area contributed by atoms with Crippen molar-refractivity contribution < 1.29 is 19.1 Å². The van der Waals surface area contributed by atoms with E-state index < -0.39 is 12.1 Å². The van der Waals surface area contributed by atoms with Crippen LogP contribution in [-0.2, 0) is 14.3 Å². The highest BCUT2D eigenvalue weighted by atomic mass is 16.5. The predicted molar refractivity (Wildman–Crippen MR) is 98.2 cm³/mol. The number of hydrogen-bond donors (Lipinski definition) is 1. The van der Waals surface area contributed by atoms with Crippen molar-refractivity contribution in [2.24, 2.45) is 0 Å². The van der Waals surface area contributed by atoms with E-state index in [-0.39, 0.29) is 36.4 Å². The lowest BCUT2D eigenvalue weighted by atomic mass is 10.1. The van der Waals surface area contributed by atoms with Crippen LogP contribution in [0.2, 0.25) is 0 Å². The number of anilines is 2. The molecule has 3 rings (SSSR count). The van der Waals surface area contributed by atoms with Crippen molar-refractivity contribution in [2.45, 2.75) is 38.3 Å². The average molecular weight is 370 g/mol. The number of carbonyl (C=O) groups excluding carboxylic acids is 3. The van der Waals surface area contributed by atoms with Crippen molar-refractivity contribution in [1.29, 1.82) is 5.26 Å². The number of likely N-dealkylation sites (N-methyl/N-ethyl adjacent to an activating group) is 1. The molecule has 1 saturated heterocycles. The zero-order valence-electron chi connectivity index (χ0n) is 15.4. The Morgan fingerprint density at radius 3 is 3.00 bits per heavy atom. The van der Waals surface area contributed by atoms with Gasteiger partial charge in [0.15, 0.2) is 6.10 Å². The summed E-state index contributed by atoms with van der Waals surface area (Å²) in [4.78, 5) is 40.2. The van der Waals surface area contributed by atoms with Crippen molar-refractivity contribution >= 4 is 29.2 Å². The summed E-state index contributed by atoms with van der Waals surface area (Å²) in [6.45, 7) is 2.59. The lowest BCUT2D eigenvalue weighted by Crippen LogP contribution is -2.44. The summed E-state index contributed by atoms with van der Waals surface area (Å²) >= 11 is 0. The molecule has 0 saturated carbocycles. The van der Waals surface area contributed by atoms with E-state index in [0.29, 0.717) is 5.69 Å². The molecule has 142 valence electrons. The fourth-order valence-electron chi connectivity index (χ4n) is 3.47. The maximum Gasteiger partial charge on any atom is 0.338 e. The van der Waals surface area contributed by atoms with Gasteiger partial charge < -0.3 is 19.9 Å². The van der Waals surface area contributed by atoms with Gasteiger partial charge in [-0.1, -0.05) is 0 Å². The zero-order valence-corrected chi connectivity index (χ0v) is 15.4. The fraction of sp³-hybridized carbons (Fsp3) is 0.474. The second-order valence-corrected chi connectivity index (χ2v) is 6.79. The number of amides is 2. The van der Waals surface area contributed by atoms with E-state index in [0.717, 1.165) is 25.1 Å². The molecule has 0 unspecified atom stereocenters. The first-order valence-corrected chi connectivity index (χ1v) is 8.97. The fourth-order valence-corrected chi connectivity index (χ4v) is 3.47. The van der Waals surface area contributed by atoms with Crippen LogP contribution in [0.15, 0.2) is 18.2 Å². The number of esters is 1. The van der Waals surface area contributed by atoms with Gasteiger partial charge in [-0.3, -0.25) is 9.59 Å². The van der Waals surface area contributed by atoms with Crippen molar-refractivity contribution in [3.63, 3.8) is 0 Å². The van der Waals surface area contributed by atoms with Gasteiger partial charge in [0.2, 0.25) is 5.91 Å². The molecule has 0 aromatic heterocycles. The molecule has 0 spiro atoms. The third-order valence-corrected chi connectivity index (χ3v) is 4.92. The lowest BCUT2D eigenvalue weighted by Gasteiger charge is -2.33. The van der Waals surface area contributed by atoms with E-state index in [9.17, 15) is 14.4 Å². The molecule has 8 heteroatoms. The van der Waals surface area contributed by atoms with Crippen LogP contribution >= 0.6 is 0 Å². The van der Waals surface area contributed by atoms with Crippen LogP contribution in [0.5, 0.6) is 0 Å². The van der Waals surface area contributed by atoms with Gasteiger partial charge in [0, 0.05) is 20.1 Å². The SMILES string of the molecule is C[C@H](OC(=O)c1ccc2c(c1)NC(=O)[C@@H]1CCCN21)C(=O)N(C)CCC#N. The zero-order chi connectivity index (χ0) is 19.6. The van der Waals surface area contributed by atoms with E-state index in [1.807, 2.05) is 6.07 Å². The highest BCUT2D eigenvalue weighted by Crippen LogP contribution is 2.37. The number of hydrogen-bond acceptors (Lipinski definition) is 6. The van der Waals surface area contributed by atoms with Gasteiger partial charge in [0.1, 0.15) is 6.04 Å². The molecule has 2 atom stereocenters. The van der Waals surface area contributed by atoms with Gasteiger partial charge in [-0.25, -0.2) is 4.79 Å². The molecule has 1 fully saturated rings. The van der Waals surface area contributed by atoms with Crippen molar-refractivity contribution in [1.82, 2.24) is 4.90 Å². The number of nitrogens with zero attached hydrogens (tertiary/aromatic N) is 3. The van der Waals surface area contributed by atoms with Crippen molar-refractivity contribution in [3.8, 4) is 6.07 Å². The Labute approximate surface area is 157 Å². The molecule has 2 amide bonds. The van der Waals surface area contributed by atoms with Gasteiger partial charge in [-0.15, -0.1) is 0 Å². The third kappa shape index (κ3) is 3.72. The molecule has 1 N–H and O–H groups in total. The lowest BCUT2D eigenvalue weighted by molar-refractivity contribution is -0.138. The van der Waals surface area contributed by atoms with Crippen molar-refractivity contribution in [3.05, 3.63) is 23.8 Å². The predicted octanol–water partition coefficient (Wildman–Crippen LogP) is 1.52. The monoisotopic (exact) mass is 370 g/mol. The number of carbonyl (C=O) groups is 3. The molecule has 2 aliphatic rings. The minimum atomic E-state index is -0.963. The van der Waals surface area contributed by atoms with E-state index in [1.165, 1.54) is 11.8 Å². The molecule has 2 heterocycles. The van der Waals surface area contributed by atoms with Gasteiger partial charge in [-0.05, 0) is 38.0 Å². The largest absolute Gasteiger partial charge is 0.449 e. The van der Waals surface area contributed by atoms with E-state index in [4.69, 9.17) is 10.00 Å². The Morgan fingerprint density at radius 2 is 2.26 bits per heavy atom.